The van der Waals surface area contributed by atoms with Crippen molar-refractivity contribution in [2.45, 2.75) is 39.7 Å². The molecule has 8 nitrogen and oxygen atoms in total. The highest BCUT2D eigenvalue weighted by molar-refractivity contribution is 5.68. The molecule has 19 heavy (non-hydrogen) atoms. The Bertz CT molecular complexity index is 443. The van der Waals surface area contributed by atoms with Gasteiger partial charge >= 0.3 is 5.69 Å². The summed E-state index contributed by atoms with van der Waals surface area (Å²) >= 11 is 0. The summed E-state index contributed by atoms with van der Waals surface area (Å²) in [5, 5.41) is 14.1. The van der Waals surface area contributed by atoms with Gasteiger partial charge in [0.25, 0.3) is 0 Å². The zero-order valence-corrected chi connectivity index (χ0v) is 11.6. The maximum atomic E-state index is 11.1. The lowest BCUT2D eigenvalue weighted by atomic mass is 10.1. The Hall–Kier alpha value is -1.96. The lowest BCUT2D eigenvalue weighted by molar-refractivity contribution is -0.383. The fraction of sp³-hybridized carbons (Fsp3) is 0.636. The number of nitrogens with zero attached hydrogens (tertiary/aromatic N) is 3. The predicted molar refractivity (Wildman–Crippen MR) is 74.0 cm³/mol. The van der Waals surface area contributed by atoms with Crippen LogP contribution in [0.15, 0.2) is 6.33 Å². The minimum Gasteiger partial charge on any atom is -0.364 e. The van der Waals surface area contributed by atoms with Crippen molar-refractivity contribution in [3.63, 3.8) is 0 Å². The first kappa shape index (κ1) is 15.1. The molecule has 0 atom stereocenters. The van der Waals surface area contributed by atoms with Crippen molar-refractivity contribution in [3.8, 4) is 0 Å². The molecule has 0 aliphatic heterocycles. The molecule has 0 spiro atoms. The van der Waals surface area contributed by atoms with E-state index in [0.29, 0.717) is 6.54 Å². The van der Waals surface area contributed by atoms with Crippen LogP contribution in [0.4, 0.5) is 17.3 Å². The molecule has 0 saturated heterocycles. The van der Waals surface area contributed by atoms with Gasteiger partial charge in [-0.2, -0.15) is 0 Å². The van der Waals surface area contributed by atoms with Crippen molar-refractivity contribution in [1.82, 2.24) is 15.4 Å². The molecule has 0 aromatic carbocycles. The molecule has 1 aromatic heterocycles. The van der Waals surface area contributed by atoms with Gasteiger partial charge in [-0.1, -0.05) is 6.92 Å². The van der Waals surface area contributed by atoms with E-state index in [1.54, 1.807) is 0 Å². The highest BCUT2D eigenvalue weighted by Crippen LogP contribution is 2.28. The largest absolute Gasteiger partial charge is 0.364 e. The molecule has 0 amide bonds. The number of aromatic nitrogens is 2. The number of rotatable bonds is 6. The van der Waals surface area contributed by atoms with Gasteiger partial charge in [-0.25, -0.2) is 15.4 Å². The molecule has 0 bridgehead atoms. The number of hydrogen-bond donors (Lipinski definition) is 3. The number of nitrogens with one attached hydrogen (secondary N) is 3. The van der Waals surface area contributed by atoms with Gasteiger partial charge in [0.05, 0.1) is 4.92 Å². The molecule has 0 fully saturated rings. The molecule has 1 rings (SSSR count). The van der Waals surface area contributed by atoms with Crippen molar-refractivity contribution in [3.05, 3.63) is 16.4 Å². The summed E-state index contributed by atoms with van der Waals surface area (Å²) in [6, 6.07) is 0. The van der Waals surface area contributed by atoms with E-state index in [1.165, 1.54) is 6.33 Å². The molecule has 3 N–H and O–H groups in total. The summed E-state index contributed by atoms with van der Waals surface area (Å²) in [5.41, 5.74) is 5.31. The van der Waals surface area contributed by atoms with Gasteiger partial charge in [-0.3, -0.25) is 15.5 Å². The van der Waals surface area contributed by atoms with Crippen LogP contribution in [-0.2, 0) is 0 Å². The Morgan fingerprint density at radius 1 is 1.32 bits per heavy atom. The minimum atomic E-state index is -0.495. The molecule has 0 radical (unpaired) electrons. The number of hydrogen-bond acceptors (Lipinski definition) is 7. The summed E-state index contributed by atoms with van der Waals surface area (Å²) in [5.74, 6) is 0.369. The summed E-state index contributed by atoms with van der Waals surface area (Å²) in [4.78, 5) is 18.5. The van der Waals surface area contributed by atoms with Gasteiger partial charge in [0.2, 0.25) is 11.6 Å². The molecular weight excluding hydrogens is 248 g/mol. The van der Waals surface area contributed by atoms with Gasteiger partial charge in [0, 0.05) is 12.1 Å². The van der Waals surface area contributed by atoms with E-state index in [2.05, 4.69) is 26.1 Å². The normalized spacial score (nSPS) is 11.2. The maximum Gasteiger partial charge on any atom is 0.354 e. The lowest BCUT2D eigenvalue weighted by Crippen LogP contribution is -2.40. The number of hydrazine groups is 1. The van der Waals surface area contributed by atoms with Crippen molar-refractivity contribution >= 4 is 17.3 Å². The van der Waals surface area contributed by atoms with Gasteiger partial charge in [-0.05, 0) is 27.2 Å². The third-order valence-electron chi connectivity index (χ3n) is 2.10. The smallest absolute Gasteiger partial charge is 0.354 e. The Morgan fingerprint density at radius 2 is 1.95 bits per heavy atom. The Balaban J connectivity index is 2.99. The SMILES string of the molecule is CCCNc1ncnc(NNC(C)(C)C)c1[N+](=O)[O-]. The van der Waals surface area contributed by atoms with Crippen LogP contribution in [0, 0.1) is 10.1 Å². The van der Waals surface area contributed by atoms with Gasteiger partial charge < -0.3 is 5.32 Å². The number of nitro groups is 1. The summed E-state index contributed by atoms with van der Waals surface area (Å²) in [7, 11) is 0. The van der Waals surface area contributed by atoms with Crippen LogP contribution >= 0.6 is 0 Å². The lowest BCUT2D eigenvalue weighted by Gasteiger charge is -2.21. The molecule has 0 aliphatic rings. The second-order valence-corrected chi connectivity index (χ2v) is 5.10. The van der Waals surface area contributed by atoms with Crippen molar-refractivity contribution in [2.24, 2.45) is 0 Å². The van der Waals surface area contributed by atoms with Crippen LogP contribution in [0.5, 0.6) is 0 Å². The molecular formula is C11H20N6O2. The van der Waals surface area contributed by atoms with Crippen LogP contribution in [0.2, 0.25) is 0 Å². The summed E-state index contributed by atoms with van der Waals surface area (Å²) < 4.78 is 0. The highest BCUT2D eigenvalue weighted by atomic mass is 16.6. The second kappa shape index (κ2) is 6.28. The van der Waals surface area contributed by atoms with E-state index in [1.807, 2.05) is 27.7 Å². The predicted octanol–water partition coefficient (Wildman–Crippen LogP) is 1.92. The van der Waals surface area contributed by atoms with Crippen LogP contribution in [0.1, 0.15) is 34.1 Å². The Kier molecular flexibility index (Phi) is 4.99. The molecule has 1 heterocycles. The minimum absolute atomic E-state index is 0.147. The fourth-order valence-electron chi connectivity index (χ4n) is 1.26. The van der Waals surface area contributed by atoms with Crippen LogP contribution in [-0.4, -0.2) is 27.0 Å². The molecule has 8 heteroatoms. The average Bonchev–Trinajstić information content (AvgIpc) is 2.32. The van der Waals surface area contributed by atoms with Crippen molar-refractivity contribution in [1.29, 1.82) is 0 Å². The molecule has 106 valence electrons. The first-order chi connectivity index (χ1) is 8.85. The first-order valence-electron chi connectivity index (χ1n) is 6.11. The molecule has 1 aromatic rings. The van der Waals surface area contributed by atoms with E-state index in [4.69, 9.17) is 0 Å². The summed E-state index contributed by atoms with van der Waals surface area (Å²) in [6.45, 7) is 8.39. The number of anilines is 2. The van der Waals surface area contributed by atoms with Crippen molar-refractivity contribution in [2.75, 3.05) is 17.3 Å². The molecule has 0 saturated carbocycles. The molecule has 0 unspecified atom stereocenters. The van der Waals surface area contributed by atoms with Crippen LogP contribution in [0.25, 0.3) is 0 Å². The summed E-state index contributed by atoms with van der Waals surface area (Å²) in [6.07, 6.45) is 2.14. The zero-order chi connectivity index (χ0) is 14.5. The fourth-order valence-corrected chi connectivity index (χ4v) is 1.26. The quantitative estimate of drug-likeness (QED) is 0.534. The monoisotopic (exact) mass is 268 g/mol. The van der Waals surface area contributed by atoms with E-state index in [-0.39, 0.29) is 22.9 Å². The van der Waals surface area contributed by atoms with E-state index >= 15 is 0 Å². The topological polar surface area (TPSA) is 105 Å². The van der Waals surface area contributed by atoms with Crippen LogP contribution in [0.3, 0.4) is 0 Å². The third-order valence-corrected chi connectivity index (χ3v) is 2.10. The van der Waals surface area contributed by atoms with E-state index < -0.39 is 4.92 Å². The van der Waals surface area contributed by atoms with Crippen LogP contribution < -0.4 is 16.2 Å². The zero-order valence-electron chi connectivity index (χ0n) is 11.6. The van der Waals surface area contributed by atoms with E-state index in [0.717, 1.165) is 6.42 Å². The highest BCUT2D eigenvalue weighted by Gasteiger charge is 2.23. The van der Waals surface area contributed by atoms with Gasteiger partial charge in [0.15, 0.2) is 0 Å². The Labute approximate surface area is 112 Å². The van der Waals surface area contributed by atoms with Gasteiger partial charge in [-0.15, -0.1) is 0 Å². The Morgan fingerprint density at radius 3 is 2.47 bits per heavy atom. The average molecular weight is 268 g/mol. The maximum absolute atomic E-state index is 11.1. The third kappa shape index (κ3) is 4.66. The van der Waals surface area contributed by atoms with Gasteiger partial charge in [0.1, 0.15) is 6.33 Å². The molecule has 0 aliphatic carbocycles. The van der Waals surface area contributed by atoms with Crippen molar-refractivity contribution < 1.29 is 4.92 Å². The second-order valence-electron chi connectivity index (χ2n) is 5.10. The standard InChI is InChI=1S/C11H20N6O2/c1-5-6-12-9-8(17(18)19)10(14-7-13-9)15-16-11(2,3)4/h7,16H,5-6H2,1-4H3,(H2,12,13,14,15). The van der Waals surface area contributed by atoms with E-state index in [9.17, 15) is 10.1 Å². The first-order valence-corrected chi connectivity index (χ1v) is 6.11.